The van der Waals surface area contributed by atoms with Gasteiger partial charge >= 0.3 is 0 Å². The molecule has 1 spiro atoms. The van der Waals surface area contributed by atoms with Gasteiger partial charge in [0.2, 0.25) is 0 Å². The summed E-state index contributed by atoms with van der Waals surface area (Å²) >= 11 is 0. The summed E-state index contributed by atoms with van der Waals surface area (Å²) in [6.45, 7) is 0.952. The van der Waals surface area contributed by atoms with E-state index in [4.69, 9.17) is 10.6 Å². The lowest BCUT2D eigenvalue weighted by Crippen LogP contribution is -2.49. The van der Waals surface area contributed by atoms with Crippen molar-refractivity contribution in [2.45, 2.75) is 75.9 Å². The first-order valence-electron chi connectivity index (χ1n) is 7.91. The zero-order valence-corrected chi connectivity index (χ0v) is 11.5. The van der Waals surface area contributed by atoms with Gasteiger partial charge in [-0.3, -0.25) is 11.3 Å². The minimum absolute atomic E-state index is 0.234. The van der Waals surface area contributed by atoms with E-state index >= 15 is 0 Å². The maximum Gasteiger partial charge on any atom is 0.0685 e. The van der Waals surface area contributed by atoms with E-state index in [9.17, 15) is 0 Å². The molecule has 0 amide bonds. The molecule has 2 aliphatic carbocycles. The minimum atomic E-state index is 0.234. The molecule has 2 saturated carbocycles. The van der Waals surface area contributed by atoms with E-state index in [1.807, 2.05) is 0 Å². The molecule has 1 saturated heterocycles. The third kappa shape index (κ3) is 2.59. The fourth-order valence-corrected chi connectivity index (χ4v) is 4.26. The molecule has 0 aromatic rings. The number of hydrazine groups is 1. The highest BCUT2D eigenvalue weighted by atomic mass is 16.5. The van der Waals surface area contributed by atoms with Crippen molar-refractivity contribution >= 4 is 0 Å². The number of nitrogens with two attached hydrogens (primary N) is 1. The summed E-state index contributed by atoms with van der Waals surface area (Å²) in [6.07, 6.45) is 13.3. The topological polar surface area (TPSA) is 47.3 Å². The number of ether oxygens (including phenoxy) is 1. The van der Waals surface area contributed by atoms with Crippen LogP contribution in [0.4, 0.5) is 0 Å². The molecule has 1 aliphatic heterocycles. The van der Waals surface area contributed by atoms with E-state index in [0.717, 1.165) is 18.4 Å². The van der Waals surface area contributed by atoms with Crippen LogP contribution in [0.1, 0.15) is 64.2 Å². The molecule has 3 fully saturated rings. The zero-order chi connectivity index (χ0) is 12.4. The van der Waals surface area contributed by atoms with E-state index < -0.39 is 0 Å². The van der Waals surface area contributed by atoms with Gasteiger partial charge in [0, 0.05) is 12.6 Å². The van der Waals surface area contributed by atoms with Gasteiger partial charge in [0.1, 0.15) is 0 Å². The van der Waals surface area contributed by atoms with E-state index in [1.54, 1.807) is 0 Å². The van der Waals surface area contributed by atoms with Gasteiger partial charge in [-0.05, 0) is 43.9 Å². The molecule has 0 bridgehead atoms. The third-order valence-corrected chi connectivity index (χ3v) is 5.64. The van der Waals surface area contributed by atoms with Crippen LogP contribution < -0.4 is 11.3 Å². The number of rotatable bonds is 4. The Morgan fingerprint density at radius 3 is 2.56 bits per heavy atom. The van der Waals surface area contributed by atoms with Crippen LogP contribution in [-0.4, -0.2) is 18.2 Å². The van der Waals surface area contributed by atoms with Crippen molar-refractivity contribution in [2.24, 2.45) is 17.7 Å². The summed E-state index contributed by atoms with van der Waals surface area (Å²) in [5, 5.41) is 0. The zero-order valence-electron chi connectivity index (χ0n) is 11.5. The first kappa shape index (κ1) is 12.9. The highest BCUT2D eigenvalue weighted by molar-refractivity contribution is 4.94. The highest BCUT2D eigenvalue weighted by Crippen LogP contribution is 2.44. The Hall–Kier alpha value is -0.120. The Kier molecular flexibility index (Phi) is 3.92. The molecule has 2 unspecified atom stereocenters. The van der Waals surface area contributed by atoms with Gasteiger partial charge in [-0.1, -0.05) is 32.1 Å². The Bertz CT molecular complexity index is 272. The van der Waals surface area contributed by atoms with Crippen LogP contribution in [-0.2, 0) is 4.74 Å². The molecule has 0 radical (unpaired) electrons. The van der Waals surface area contributed by atoms with Crippen molar-refractivity contribution in [3.05, 3.63) is 0 Å². The van der Waals surface area contributed by atoms with Crippen molar-refractivity contribution in [1.29, 1.82) is 0 Å². The Morgan fingerprint density at radius 2 is 1.94 bits per heavy atom. The Labute approximate surface area is 111 Å². The molecule has 3 rings (SSSR count). The van der Waals surface area contributed by atoms with E-state index in [-0.39, 0.29) is 5.60 Å². The van der Waals surface area contributed by atoms with Crippen molar-refractivity contribution in [2.75, 3.05) is 6.61 Å². The van der Waals surface area contributed by atoms with Gasteiger partial charge in [-0.15, -0.1) is 0 Å². The molecule has 3 heteroatoms. The normalized spacial score (nSPS) is 33.5. The molecular formula is C15H28N2O. The van der Waals surface area contributed by atoms with Crippen molar-refractivity contribution in [1.82, 2.24) is 5.43 Å². The van der Waals surface area contributed by atoms with E-state index in [1.165, 1.54) is 64.2 Å². The van der Waals surface area contributed by atoms with Crippen LogP contribution in [0.2, 0.25) is 0 Å². The number of nitrogens with one attached hydrogen (secondary N) is 1. The fraction of sp³-hybridized carbons (Fsp3) is 1.00. The van der Waals surface area contributed by atoms with Crippen molar-refractivity contribution in [3.63, 3.8) is 0 Å². The molecule has 0 aromatic heterocycles. The molecule has 3 nitrogen and oxygen atoms in total. The van der Waals surface area contributed by atoms with Crippen LogP contribution in [0.15, 0.2) is 0 Å². The maximum atomic E-state index is 6.13. The van der Waals surface area contributed by atoms with Crippen LogP contribution in [0.25, 0.3) is 0 Å². The monoisotopic (exact) mass is 252 g/mol. The maximum absolute atomic E-state index is 6.13. The fourth-order valence-electron chi connectivity index (χ4n) is 4.26. The average molecular weight is 252 g/mol. The highest BCUT2D eigenvalue weighted by Gasteiger charge is 2.42. The molecule has 3 aliphatic rings. The standard InChI is InChI=1S/C15H28N2O/c16-17-14(10-12-4-3-5-12)13-6-9-18-15(11-13)7-1-2-8-15/h12-14,17H,1-11,16H2. The second kappa shape index (κ2) is 5.48. The molecule has 0 aromatic carbocycles. The van der Waals surface area contributed by atoms with Gasteiger partial charge in [0.05, 0.1) is 5.60 Å². The smallest absolute Gasteiger partial charge is 0.0685 e. The summed E-state index contributed by atoms with van der Waals surface area (Å²) in [6, 6.07) is 0.525. The van der Waals surface area contributed by atoms with E-state index in [0.29, 0.717) is 6.04 Å². The second-order valence-corrected chi connectivity index (χ2v) is 6.80. The van der Waals surface area contributed by atoms with Gasteiger partial charge in [-0.25, -0.2) is 0 Å². The average Bonchev–Trinajstić information content (AvgIpc) is 2.76. The van der Waals surface area contributed by atoms with Gasteiger partial charge in [-0.2, -0.15) is 0 Å². The summed E-state index contributed by atoms with van der Waals surface area (Å²) in [4.78, 5) is 0. The third-order valence-electron chi connectivity index (χ3n) is 5.64. The number of hydrogen-bond acceptors (Lipinski definition) is 3. The molecule has 18 heavy (non-hydrogen) atoms. The van der Waals surface area contributed by atoms with Crippen LogP contribution in [0.5, 0.6) is 0 Å². The lowest BCUT2D eigenvalue weighted by atomic mass is 9.74. The first-order chi connectivity index (χ1) is 8.81. The molecular weight excluding hydrogens is 224 g/mol. The first-order valence-corrected chi connectivity index (χ1v) is 7.91. The SMILES string of the molecule is NNC(CC1CCC1)C1CCOC2(CCCC2)C1. The minimum Gasteiger partial charge on any atom is -0.375 e. The molecule has 2 atom stereocenters. The molecule has 104 valence electrons. The van der Waals surface area contributed by atoms with Crippen LogP contribution in [0, 0.1) is 11.8 Å². The lowest BCUT2D eigenvalue weighted by molar-refractivity contribution is -0.0993. The van der Waals surface area contributed by atoms with Crippen molar-refractivity contribution < 1.29 is 4.74 Å². The summed E-state index contributed by atoms with van der Waals surface area (Å²) < 4.78 is 6.13. The van der Waals surface area contributed by atoms with Gasteiger partial charge in [0.25, 0.3) is 0 Å². The Morgan fingerprint density at radius 1 is 1.17 bits per heavy atom. The predicted octanol–water partition coefficient (Wildman–Crippen LogP) is 2.75. The quantitative estimate of drug-likeness (QED) is 0.597. The van der Waals surface area contributed by atoms with Crippen LogP contribution in [0.3, 0.4) is 0 Å². The van der Waals surface area contributed by atoms with E-state index in [2.05, 4.69) is 5.43 Å². The summed E-state index contributed by atoms with van der Waals surface area (Å²) in [5.74, 6) is 7.50. The molecule has 3 N–H and O–H groups in total. The second-order valence-electron chi connectivity index (χ2n) is 6.80. The van der Waals surface area contributed by atoms with Crippen LogP contribution >= 0.6 is 0 Å². The molecule has 1 heterocycles. The summed E-state index contributed by atoms with van der Waals surface area (Å²) in [7, 11) is 0. The van der Waals surface area contributed by atoms with Gasteiger partial charge in [0.15, 0.2) is 0 Å². The largest absolute Gasteiger partial charge is 0.375 e. The summed E-state index contributed by atoms with van der Waals surface area (Å²) in [5.41, 5.74) is 3.36. The predicted molar refractivity (Wildman–Crippen MR) is 72.9 cm³/mol. The lowest BCUT2D eigenvalue weighted by Gasteiger charge is -2.42. The number of hydrogen-bond donors (Lipinski definition) is 2. The van der Waals surface area contributed by atoms with Crippen molar-refractivity contribution in [3.8, 4) is 0 Å². The Balaban J connectivity index is 1.58. The van der Waals surface area contributed by atoms with Gasteiger partial charge < -0.3 is 4.74 Å².